The first-order valence-electron chi connectivity index (χ1n) is 5.37. The summed E-state index contributed by atoms with van der Waals surface area (Å²) >= 11 is 16.0. The Morgan fingerprint density at radius 3 is 2.42 bits per heavy atom. The molecule has 0 radical (unpaired) electrons. The van der Waals surface area contributed by atoms with Gasteiger partial charge in [0.15, 0.2) is 4.67 Å². The van der Waals surface area contributed by atoms with E-state index in [0.717, 1.165) is 11.1 Å². The van der Waals surface area contributed by atoms with E-state index >= 15 is 0 Å². The summed E-state index contributed by atoms with van der Waals surface area (Å²) in [4.78, 5) is 0. The first-order valence-corrected chi connectivity index (χ1v) is 6.98. The molecule has 102 valence electrons. The first kappa shape index (κ1) is 14.6. The number of methoxy groups -OCH3 is 2. The third-order valence-electron chi connectivity index (χ3n) is 2.71. The summed E-state index contributed by atoms with van der Waals surface area (Å²) in [5, 5.41) is -0.0424. The van der Waals surface area contributed by atoms with Gasteiger partial charge in [0, 0.05) is 11.1 Å². The van der Waals surface area contributed by atoms with Crippen molar-refractivity contribution >= 4 is 39.1 Å². The van der Waals surface area contributed by atoms with Gasteiger partial charge in [-0.2, -0.15) is 0 Å². The van der Waals surface area contributed by atoms with Crippen molar-refractivity contribution in [3.63, 3.8) is 0 Å². The Balaban J connectivity index is 2.51. The third-order valence-corrected chi connectivity index (χ3v) is 4.18. The van der Waals surface area contributed by atoms with E-state index in [1.807, 2.05) is 6.07 Å². The lowest BCUT2D eigenvalue weighted by molar-refractivity contribution is 0.391. The lowest BCUT2D eigenvalue weighted by Crippen LogP contribution is -1.99. The van der Waals surface area contributed by atoms with E-state index in [0.29, 0.717) is 21.2 Å². The van der Waals surface area contributed by atoms with Gasteiger partial charge in [0.1, 0.15) is 16.5 Å². The fourth-order valence-electron chi connectivity index (χ4n) is 1.77. The van der Waals surface area contributed by atoms with Gasteiger partial charge in [0.25, 0.3) is 0 Å². The molecule has 1 aromatic carbocycles. The second kappa shape index (κ2) is 6.07. The van der Waals surface area contributed by atoms with E-state index in [9.17, 15) is 0 Å². The normalized spacial score (nSPS) is 12.3. The standard InChI is InChI=1S/C13H11BrCl2O3/c1-17-9-4-3-7(12(18-2)11(9)16)10(15)8-5-6-19-13(8)14/h3-6,10H,1-2H3. The first-order chi connectivity index (χ1) is 9.10. The zero-order valence-electron chi connectivity index (χ0n) is 10.2. The van der Waals surface area contributed by atoms with Gasteiger partial charge < -0.3 is 13.9 Å². The van der Waals surface area contributed by atoms with Crippen LogP contribution in [0.15, 0.2) is 33.5 Å². The maximum Gasteiger partial charge on any atom is 0.173 e. The Bertz CT molecular complexity index is 583. The van der Waals surface area contributed by atoms with Crippen LogP contribution >= 0.6 is 39.1 Å². The Labute approximate surface area is 129 Å². The van der Waals surface area contributed by atoms with Crippen molar-refractivity contribution in [2.24, 2.45) is 0 Å². The zero-order chi connectivity index (χ0) is 14.0. The van der Waals surface area contributed by atoms with Crippen molar-refractivity contribution in [3.05, 3.63) is 45.3 Å². The summed E-state index contributed by atoms with van der Waals surface area (Å²) in [6.45, 7) is 0. The average Bonchev–Trinajstić information content (AvgIpc) is 2.83. The number of rotatable bonds is 4. The Morgan fingerprint density at radius 1 is 1.16 bits per heavy atom. The molecule has 6 heteroatoms. The third kappa shape index (κ3) is 2.71. The van der Waals surface area contributed by atoms with Gasteiger partial charge in [0.05, 0.1) is 25.9 Å². The van der Waals surface area contributed by atoms with Crippen molar-refractivity contribution in [1.29, 1.82) is 0 Å². The quantitative estimate of drug-likeness (QED) is 0.711. The fraction of sp³-hybridized carbons (Fsp3) is 0.231. The lowest BCUT2D eigenvalue weighted by atomic mass is 10.1. The van der Waals surface area contributed by atoms with Gasteiger partial charge in [0.2, 0.25) is 0 Å². The second-order valence-electron chi connectivity index (χ2n) is 3.72. The van der Waals surface area contributed by atoms with Crippen molar-refractivity contribution in [2.75, 3.05) is 14.2 Å². The van der Waals surface area contributed by atoms with Crippen molar-refractivity contribution < 1.29 is 13.9 Å². The summed E-state index contributed by atoms with van der Waals surface area (Å²) in [6.07, 6.45) is 1.56. The Kier molecular flexibility index (Phi) is 4.66. The smallest absolute Gasteiger partial charge is 0.173 e. The highest BCUT2D eigenvalue weighted by atomic mass is 79.9. The van der Waals surface area contributed by atoms with Crippen LogP contribution < -0.4 is 9.47 Å². The molecule has 1 heterocycles. The zero-order valence-corrected chi connectivity index (χ0v) is 13.3. The molecule has 0 aliphatic heterocycles. The van der Waals surface area contributed by atoms with Crippen molar-refractivity contribution in [2.45, 2.75) is 5.38 Å². The molecular formula is C13H11BrCl2O3. The van der Waals surface area contributed by atoms with Crippen molar-refractivity contribution in [1.82, 2.24) is 0 Å². The Morgan fingerprint density at radius 2 is 1.89 bits per heavy atom. The van der Waals surface area contributed by atoms with Crippen LogP contribution in [0.3, 0.4) is 0 Å². The molecule has 0 bridgehead atoms. The van der Waals surface area contributed by atoms with Crippen LogP contribution in [0.1, 0.15) is 16.5 Å². The number of ether oxygens (including phenoxy) is 2. The fourth-order valence-corrected chi connectivity index (χ4v) is 3.04. The van der Waals surface area contributed by atoms with Crippen LogP contribution in [0.2, 0.25) is 5.02 Å². The summed E-state index contributed by atoms with van der Waals surface area (Å²) in [5.41, 5.74) is 1.55. The van der Waals surface area contributed by atoms with Gasteiger partial charge in [-0.3, -0.25) is 0 Å². The molecular weight excluding hydrogens is 355 g/mol. The SMILES string of the molecule is COc1ccc(C(Cl)c2ccoc2Br)c(OC)c1Cl. The molecule has 1 aromatic heterocycles. The molecule has 0 N–H and O–H groups in total. The molecule has 0 aliphatic rings. The predicted octanol–water partition coefficient (Wildman–Crippen LogP) is 5.04. The molecule has 0 saturated carbocycles. The highest BCUT2D eigenvalue weighted by molar-refractivity contribution is 9.10. The summed E-state index contributed by atoms with van der Waals surface area (Å²) in [7, 11) is 3.09. The molecule has 0 aliphatic carbocycles. The van der Waals surface area contributed by atoms with Crippen molar-refractivity contribution in [3.8, 4) is 11.5 Å². The van der Waals surface area contributed by atoms with Gasteiger partial charge in [-0.05, 0) is 34.1 Å². The minimum atomic E-state index is -0.438. The summed E-state index contributed by atoms with van der Waals surface area (Å²) in [5.74, 6) is 1.03. The largest absolute Gasteiger partial charge is 0.495 e. The van der Waals surface area contributed by atoms with E-state index in [2.05, 4.69) is 15.9 Å². The highest BCUT2D eigenvalue weighted by Gasteiger charge is 2.23. The molecule has 1 atom stereocenters. The van der Waals surface area contributed by atoms with Crippen LogP contribution in [0.25, 0.3) is 0 Å². The lowest BCUT2D eigenvalue weighted by Gasteiger charge is -2.16. The number of alkyl halides is 1. The Hall–Kier alpha value is -0.840. The molecule has 3 nitrogen and oxygen atoms in total. The molecule has 0 spiro atoms. The molecule has 0 amide bonds. The summed E-state index contributed by atoms with van der Waals surface area (Å²) in [6, 6.07) is 5.36. The van der Waals surface area contributed by atoms with E-state index in [-0.39, 0.29) is 0 Å². The molecule has 1 unspecified atom stereocenters. The number of hydrogen-bond acceptors (Lipinski definition) is 3. The van der Waals surface area contributed by atoms with Gasteiger partial charge in [-0.25, -0.2) is 0 Å². The van der Waals surface area contributed by atoms with E-state index in [1.54, 1.807) is 25.5 Å². The van der Waals surface area contributed by atoms with Gasteiger partial charge in [-0.15, -0.1) is 11.6 Å². The topological polar surface area (TPSA) is 31.6 Å². The van der Waals surface area contributed by atoms with Crippen LogP contribution in [0, 0.1) is 0 Å². The van der Waals surface area contributed by atoms with Gasteiger partial charge in [-0.1, -0.05) is 11.6 Å². The second-order valence-corrected chi connectivity index (χ2v) is 5.25. The maximum absolute atomic E-state index is 6.46. The van der Waals surface area contributed by atoms with Gasteiger partial charge >= 0.3 is 0 Å². The monoisotopic (exact) mass is 364 g/mol. The van der Waals surface area contributed by atoms with E-state index in [4.69, 9.17) is 37.1 Å². The van der Waals surface area contributed by atoms with E-state index < -0.39 is 5.38 Å². The average molecular weight is 366 g/mol. The predicted molar refractivity (Wildman–Crippen MR) is 78.7 cm³/mol. The van der Waals surface area contributed by atoms with E-state index in [1.165, 1.54) is 7.11 Å². The minimum Gasteiger partial charge on any atom is -0.495 e. The number of benzene rings is 1. The molecule has 2 rings (SSSR count). The van der Waals surface area contributed by atoms with Crippen LogP contribution in [0.4, 0.5) is 0 Å². The highest BCUT2D eigenvalue weighted by Crippen LogP contribution is 2.44. The minimum absolute atomic E-state index is 0.396. The molecule has 0 saturated heterocycles. The molecule has 19 heavy (non-hydrogen) atoms. The van der Waals surface area contributed by atoms with Crippen LogP contribution in [-0.2, 0) is 0 Å². The number of halogens is 3. The maximum atomic E-state index is 6.46. The number of furan rings is 1. The number of hydrogen-bond donors (Lipinski definition) is 0. The van der Waals surface area contributed by atoms with Crippen LogP contribution in [-0.4, -0.2) is 14.2 Å². The molecule has 0 fully saturated rings. The summed E-state index contributed by atoms with van der Waals surface area (Å²) < 4.78 is 16.3. The molecule has 2 aromatic rings. The van der Waals surface area contributed by atoms with Crippen LogP contribution in [0.5, 0.6) is 11.5 Å².